The van der Waals surface area contributed by atoms with Crippen LogP contribution in [0.15, 0.2) is 24.4 Å². The van der Waals surface area contributed by atoms with Gasteiger partial charge in [-0.15, -0.1) is 0 Å². The minimum atomic E-state index is -0.917. The van der Waals surface area contributed by atoms with Crippen LogP contribution in [0.1, 0.15) is 10.4 Å². The summed E-state index contributed by atoms with van der Waals surface area (Å²) >= 11 is 0. The Morgan fingerprint density at radius 1 is 1.44 bits per heavy atom. The number of benzene rings is 1. The first-order valence-electron chi connectivity index (χ1n) is 4.83. The maximum atomic E-state index is 10.9. The van der Waals surface area contributed by atoms with Crippen LogP contribution >= 0.6 is 0 Å². The second-order valence-corrected chi connectivity index (χ2v) is 3.76. The van der Waals surface area contributed by atoms with E-state index in [1.807, 2.05) is 13.2 Å². The molecule has 0 saturated carbocycles. The summed E-state index contributed by atoms with van der Waals surface area (Å²) in [6.45, 7) is 0. The molecule has 0 radical (unpaired) electrons. The maximum absolute atomic E-state index is 10.9. The molecule has 0 aliphatic heterocycles. The Labute approximate surface area is 90.3 Å². The van der Waals surface area contributed by atoms with Gasteiger partial charge >= 0.3 is 5.97 Å². The van der Waals surface area contributed by atoms with Gasteiger partial charge < -0.3 is 10.1 Å². The molecular weight excluding hydrogens is 206 g/mol. The van der Waals surface area contributed by atoms with Gasteiger partial charge in [0.05, 0.1) is 5.56 Å². The molecule has 5 heteroatoms. The van der Waals surface area contributed by atoms with Crippen molar-refractivity contribution in [2.45, 2.75) is 0 Å². The number of carboxylic acid groups (broad SMARTS) is 1. The van der Waals surface area contributed by atoms with Gasteiger partial charge in [-0.2, -0.15) is 5.10 Å². The third-order valence-electron chi connectivity index (χ3n) is 2.64. The van der Waals surface area contributed by atoms with E-state index in [4.69, 9.17) is 5.11 Å². The maximum Gasteiger partial charge on any atom is 0.335 e. The quantitative estimate of drug-likeness (QED) is 0.649. The molecule has 2 N–H and O–H groups in total. The molecule has 0 unspecified atom stereocenters. The van der Waals surface area contributed by atoms with Gasteiger partial charge in [-0.05, 0) is 18.2 Å². The van der Waals surface area contributed by atoms with E-state index in [1.54, 1.807) is 22.9 Å². The number of nitrogens with zero attached hydrogens (tertiary/aromatic N) is 2. The number of fused-ring (bicyclic) bond motifs is 3. The fourth-order valence-corrected chi connectivity index (χ4v) is 1.91. The molecule has 0 aliphatic rings. The minimum Gasteiger partial charge on any atom is -0.478 e. The smallest absolute Gasteiger partial charge is 0.335 e. The summed E-state index contributed by atoms with van der Waals surface area (Å²) in [4.78, 5) is 14.0. The van der Waals surface area contributed by atoms with Crippen molar-refractivity contribution >= 4 is 27.9 Å². The molecule has 0 fully saturated rings. The Balaban J connectivity index is 2.41. The van der Waals surface area contributed by atoms with Crippen molar-refractivity contribution in [2.24, 2.45) is 7.05 Å². The summed E-state index contributed by atoms with van der Waals surface area (Å²) in [5, 5.41) is 15.0. The Bertz CT molecular complexity index is 708. The van der Waals surface area contributed by atoms with Crippen LogP contribution in [0.25, 0.3) is 21.9 Å². The van der Waals surface area contributed by atoms with Crippen molar-refractivity contribution in [2.75, 3.05) is 0 Å². The SMILES string of the molecule is Cn1cc2c(n1)[nH]c1ccc(C(=O)O)cc12. The number of hydrogen-bond donors (Lipinski definition) is 2. The number of carbonyl (C=O) groups is 1. The summed E-state index contributed by atoms with van der Waals surface area (Å²) in [6.07, 6.45) is 1.87. The number of nitrogens with one attached hydrogen (secondary N) is 1. The third-order valence-corrected chi connectivity index (χ3v) is 2.64. The van der Waals surface area contributed by atoms with Crippen LogP contribution in [0.3, 0.4) is 0 Å². The molecule has 0 saturated heterocycles. The van der Waals surface area contributed by atoms with Crippen LogP contribution in [0, 0.1) is 0 Å². The molecule has 3 aromatic rings. The highest BCUT2D eigenvalue weighted by molar-refractivity contribution is 6.08. The Kier molecular flexibility index (Phi) is 1.60. The van der Waals surface area contributed by atoms with E-state index >= 15 is 0 Å². The number of rotatable bonds is 1. The van der Waals surface area contributed by atoms with Crippen molar-refractivity contribution < 1.29 is 9.90 Å². The zero-order valence-electron chi connectivity index (χ0n) is 8.56. The highest BCUT2D eigenvalue weighted by atomic mass is 16.4. The molecule has 16 heavy (non-hydrogen) atoms. The molecule has 0 amide bonds. The first-order chi connectivity index (χ1) is 7.65. The Hall–Kier alpha value is -2.30. The van der Waals surface area contributed by atoms with Crippen molar-refractivity contribution in [3.63, 3.8) is 0 Å². The van der Waals surface area contributed by atoms with E-state index in [1.165, 1.54) is 0 Å². The van der Waals surface area contributed by atoms with Gasteiger partial charge in [0.25, 0.3) is 0 Å². The van der Waals surface area contributed by atoms with Crippen LogP contribution in [0.2, 0.25) is 0 Å². The Morgan fingerprint density at radius 2 is 2.25 bits per heavy atom. The second kappa shape index (κ2) is 2.85. The molecule has 2 aromatic heterocycles. The van der Waals surface area contributed by atoms with E-state index in [0.717, 1.165) is 21.9 Å². The monoisotopic (exact) mass is 215 g/mol. The number of aromatic carboxylic acids is 1. The average Bonchev–Trinajstić information content (AvgIpc) is 2.72. The van der Waals surface area contributed by atoms with Crippen LogP contribution < -0.4 is 0 Å². The van der Waals surface area contributed by atoms with E-state index in [-0.39, 0.29) is 5.56 Å². The predicted octanol–water partition coefficient (Wildman–Crippen LogP) is 1.75. The van der Waals surface area contributed by atoms with E-state index in [0.29, 0.717) is 0 Å². The third kappa shape index (κ3) is 1.11. The molecule has 0 spiro atoms. The molecule has 80 valence electrons. The van der Waals surface area contributed by atoms with Gasteiger partial charge in [-0.25, -0.2) is 4.79 Å². The summed E-state index contributed by atoms with van der Waals surface area (Å²) in [7, 11) is 1.83. The minimum absolute atomic E-state index is 0.289. The fourth-order valence-electron chi connectivity index (χ4n) is 1.91. The van der Waals surface area contributed by atoms with E-state index in [9.17, 15) is 4.79 Å². The molecular formula is C11H9N3O2. The van der Waals surface area contributed by atoms with Crippen molar-refractivity contribution in [3.8, 4) is 0 Å². The number of aromatic nitrogens is 3. The van der Waals surface area contributed by atoms with E-state index < -0.39 is 5.97 Å². The van der Waals surface area contributed by atoms with Gasteiger partial charge in [0, 0.05) is 29.5 Å². The number of carboxylic acids is 1. The molecule has 0 bridgehead atoms. The Morgan fingerprint density at radius 3 is 3.00 bits per heavy atom. The normalized spacial score (nSPS) is 11.3. The number of aryl methyl sites for hydroxylation is 1. The van der Waals surface area contributed by atoms with E-state index in [2.05, 4.69) is 10.1 Å². The highest BCUT2D eigenvalue weighted by Crippen LogP contribution is 2.25. The molecule has 2 heterocycles. The van der Waals surface area contributed by atoms with Crippen LogP contribution in [-0.4, -0.2) is 25.8 Å². The standard InChI is InChI=1S/C11H9N3O2/c1-14-5-8-7-4-6(11(15)16)2-3-9(7)12-10(8)13-14/h2-5H,1H3,(H,12,13)(H,15,16). The topological polar surface area (TPSA) is 70.9 Å². The molecule has 1 aromatic carbocycles. The number of H-pyrrole nitrogens is 1. The van der Waals surface area contributed by atoms with Gasteiger partial charge in [-0.3, -0.25) is 4.68 Å². The van der Waals surface area contributed by atoms with Crippen LogP contribution in [0.5, 0.6) is 0 Å². The summed E-state index contributed by atoms with van der Waals surface area (Å²) in [5.41, 5.74) is 1.97. The average molecular weight is 215 g/mol. The highest BCUT2D eigenvalue weighted by Gasteiger charge is 2.10. The largest absolute Gasteiger partial charge is 0.478 e. The molecule has 5 nitrogen and oxygen atoms in total. The number of aromatic amines is 1. The lowest BCUT2D eigenvalue weighted by molar-refractivity contribution is 0.0697. The second-order valence-electron chi connectivity index (χ2n) is 3.76. The zero-order chi connectivity index (χ0) is 11.3. The molecule has 3 rings (SSSR count). The lowest BCUT2D eigenvalue weighted by Crippen LogP contribution is -1.94. The van der Waals surface area contributed by atoms with Gasteiger partial charge in [0.2, 0.25) is 0 Å². The molecule has 0 atom stereocenters. The number of hydrogen-bond acceptors (Lipinski definition) is 2. The summed E-state index contributed by atoms with van der Waals surface area (Å²) < 4.78 is 1.70. The molecule has 0 aliphatic carbocycles. The fraction of sp³-hybridized carbons (Fsp3) is 0.0909. The van der Waals surface area contributed by atoms with Gasteiger partial charge in [0.15, 0.2) is 5.65 Å². The van der Waals surface area contributed by atoms with Crippen molar-refractivity contribution in [1.82, 2.24) is 14.8 Å². The van der Waals surface area contributed by atoms with Crippen LogP contribution in [-0.2, 0) is 7.05 Å². The first kappa shape index (κ1) is 8.96. The lowest BCUT2D eigenvalue weighted by Gasteiger charge is -1.94. The zero-order valence-corrected chi connectivity index (χ0v) is 8.56. The lowest BCUT2D eigenvalue weighted by atomic mass is 10.1. The first-order valence-corrected chi connectivity index (χ1v) is 4.83. The summed E-state index contributed by atoms with van der Waals surface area (Å²) in [6, 6.07) is 5.01. The predicted molar refractivity (Wildman–Crippen MR) is 59.5 cm³/mol. The van der Waals surface area contributed by atoms with Gasteiger partial charge in [-0.1, -0.05) is 0 Å². The van der Waals surface area contributed by atoms with Crippen LogP contribution in [0.4, 0.5) is 0 Å². The van der Waals surface area contributed by atoms with Gasteiger partial charge in [0.1, 0.15) is 0 Å². The summed E-state index contributed by atoms with van der Waals surface area (Å²) in [5.74, 6) is -0.917. The van der Waals surface area contributed by atoms with Crippen molar-refractivity contribution in [1.29, 1.82) is 0 Å². The van der Waals surface area contributed by atoms with Crippen molar-refractivity contribution in [3.05, 3.63) is 30.0 Å².